The van der Waals surface area contributed by atoms with Gasteiger partial charge in [0.05, 0.1) is 12.0 Å². The highest BCUT2D eigenvalue weighted by molar-refractivity contribution is 6.73. The Morgan fingerprint density at radius 1 is 1.06 bits per heavy atom. The number of hydrogen-bond acceptors (Lipinski definition) is 6. The van der Waals surface area contributed by atoms with E-state index in [1.165, 1.54) is 0 Å². The van der Waals surface area contributed by atoms with E-state index < -0.39 is 42.9 Å². The summed E-state index contributed by atoms with van der Waals surface area (Å²) < 4.78 is 18.9. The molecule has 3 aliphatic carbocycles. The first-order chi connectivity index (χ1) is 15.4. The zero-order valence-electron chi connectivity index (χ0n) is 21.3. The fourth-order valence-corrected chi connectivity index (χ4v) is 10.6. The van der Waals surface area contributed by atoms with Gasteiger partial charge in [0, 0.05) is 36.0 Å². The van der Waals surface area contributed by atoms with Gasteiger partial charge in [-0.05, 0) is 31.5 Å². The Hall–Kier alpha value is -1.47. The normalized spacial score (nSPS) is 40.1. The van der Waals surface area contributed by atoms with Crippen LogP contribution in [0.5, 0.6) is 0 Å². The van der Waals surface area contributed by atoms with Crippen molar-refractivity contribution in [1.82, 2.24) is 0 Å². The van der Waals surface area contributed by atoms with Gasteiger partial charge in [-0.25, -0.2) is 4.79 Å². The van der Waals surface area contributed by atoms with Crippen LogP contribution in [-0.2, 0) is 23.5 Å². The highest BCUT2D eigenvalue weighted by atomic mass is 28.4. The molecule has 0 aromatic heterocycles. The van der Waals surface area contributed by atoms with Crippen LogP contribution in [0.4, 0.5) is 4.79 Å². The SMILES string of the molecule is CC[Si](CC)(CC)O[C@H]1CCC(=O)[C@H]2[C@@H]3OC(=O)O[C@]34CC=C(C)[C@H](C(=O)C[C@]12C)C4(C)C. The van der Waals surface area contributed by atoms with Crippen molar-refractivity contribution in [2.24, 2.45) is 22.7 Å². The van der Waals surface area contributed by atoms with Crippen LogP contribution in [0.1, 0.15) is 74.1 Å². The molecule has 6 nitrogen and oxygen atoms in total. The summed E-state index contributed by atoms with van der Waals surface area (Å²) >= 11 is 0. The molecule has 0 aromatic carbocycles. The molecular weight excluding hydrogens is 436 g/mol. The summed E-state index contributed by atoms with van der Waals surface area (Å²) in [5.41, 5.74) is -1.44. The van der Waals surface area contributed by atoms with Crippen molar-refractivity contribution in [3.8, 4) is 0 Å². The second-order valence-corrected chi connectivity index (χ2v) is 16.3. The standard InChI is InChI=1S/C26H40O6Si/c1-8-33(9-2,10-3)32-19-12-11-17(27)21-22-26(31-23(29)30-22)14-13-16(4)20(24(26,5)6)18(28)15-25(19,21)7/h13,19-22H,8-12,14-15H2,1-7H3/t19-,20+,21-,22-,25+,26+/m0/s1. The van der Waals surface area contributed by atoms with Crippen molar-refractivity contribution >= 4 is 26.0 Å². The largest absolute Gasteiger partial charge is 0.509 e. The van der Waals surface area contributed by atoms with Crippen molar-refractivity contribution in [3.63, 3.8) is 0 Å². The average Bonchev–Trinajstić information content (AvgIpc) is 3.08. The molecule has 2 saturated carbocycles. The van der Waals surface area contributed by atoms with Crippen LogP contribution in [-0.4, -0.2) is 43.8 Å². The van der Waals surface area contributed by atoms with Gasteiger partial charge in [-0.2, -0.15) is 0 Å². The summed E-state index contributed by atoms with van der Waals surface area (Å²) in [4.78, 5) is 40.2. The molecule has 1 aliphatic heterocycles. The molecule has 3 fully saturated rings. The Morgan fingerprint density at radius 2 is 1.70 bits per heavy atom. The number of fused-ring (bicyclic) bond motifs is 3. The van der Waals surface area contributed by atoms with Crippen molar-refractivity contribution in [3.05, 3.63) is 11.6 Å². The molecule has 0 unspecified atom stereocenters. The first-order valence-corrected chi connectivity index (χ1v) is 15.2. The predicted octanol–water partition coefficient (Wildman–Crippen LogP) is 5.60. The second-order valence-electron chi connectivity index (χ2n) is 11.6. The molecule has 6 atom stereocenters. The van der Waals surface area contributed by atoms with Crippen LogP contribution in [0, 0.1) is 22.7 Å². The predicted molar refractivity (Wildman–Crippen MR) is 127 cm³/mol. The van der Waals surface area contributed by atoms with Gasteiger partial charge < -0.3 is 13.9 Å². The third-order valence-corrected chi connectivity index (χ3v) is 14.5. The van der Waals surface area contributed by atoms with E-state index >= 15 is 0 Å². The van der Waals surface area contributed by atoms with Crippen molar-refractivity contribution < 1.29 is 28.3 Å². The van der Waals surface area contributed by atoms with E-state index in [1.807, 2.05) is 33.8 Å². The fraction of sp³-hybridized carbons (Fsp3) is 0.808. The molecule has 7 heteroatoms. The zero-order valence-corrected chi connectivity index (χ0v) is 22.3. The topological polar surface area (TPSA) is 78.9 Å². The summed E-state index contributed by atoms with van der Waals surface area (Å²) in [6, 6.07) is 3.01. The van der Waals surface area contributed by atoms with Crippen LogP contribution < -0.4 is 0 Å². The molecule has 0 amide bonds. The minimum Gasteiger partial charge on any atom is -0.426 e. The summed E-state index contributed by atoms with van der Waals surface area (Å²) in [5, 5.41) is 0. The first-order valence-electron chi connectivity index (χ1n) is 12.7. The number of hydrogen-bond donors (Lipinski definition) is 0. The highest BCUT2D eigenvalue weighted by Gasteiger charge is 2.72. The average molecular weight is 477 g/mol. The van der Waals surface area contributed by atoms with Gasteiger partial charge >= 0.3 is 6.16 Å². The summed E-state index contributed by atoms with van der Waals surface area (Å²) in [6.07, 6.45) is 2.05. The van der Waals surface area contributed by atoms with Crippen LogP contribution in [0.25, 0.3) is 0 Å². The third kappa shape index (κ3) is 3.32. The molecule has 4 rings (SSSR count). The van der Waals surface area contributed by atoms with E-state index in [2.05, 4.69) is 20.8 Å². The molecule has 1 heterocycles. The van der Waals surface area contributed by atoms with E-state index in [0.717, 1.165) is 23.7 Å². The summed E-state index contributed by atoms with van der Waals surface area (Å²) in [7, 11) is -1.99. The van der Waals surface area contributed by atoms with Gasteiger partial charge in [-0.1, -0.05) is 53.2 Å². The van der Waals surface area contributed by atoms with Gasteiger partial charge in [-0.3, -0.25) is 9.59 Å². The number of ketones is 2. The van der Waals surface area contributed by atoms with E-state index in [1.54, 1.807) is 0 Å². The van der Waals surface area contributed by atoms with Crippen molar-refractivity contribution in [2.75, 3.05) is 0 Å². The van der Waals surface area contributed by atoms with Gasteiger partial charge in [0.15, 0.2) is 20.0 Å². The lowest BCUT2D eigenvalue weighted by molar-refractivity contribution is -0.181. The lowest BCUT2D eigenvalue weighted by Crippen LogP contribution is -2.68. The van der Waals surface area contributed by atoms with Crippen LogP contribution in [0.15, 0.2) is 11.6 Å². The maximum atomic E-state index is 14.0. The monoisotopic (exact) mass is 476 g/mol. The lowest BCUT2D eigenvalue weighted by atomic mass is 9.48. The van der Waals surface area contributed by atoms with E-state index in [4.69, 9.17) is 13.9 Å². The number of ether oxygens (including phenoxy) is 2. The number of rotatable bonds is 5. The molecule has 33 heavy (non-hydrogen) atoms. The Morgan fingerprint density at radius 3 is 2.30 bits per heavy atom. The van der Waals surface area contributed by atoms with Crippen LogP contribution >= 0.6 is 0 Å². The van der Waals surface area contributed by atoms with Crippen LogP contribution in [0.3, 0.4) is 0 Å². The number of Topliss-reactive ketones (excluding diaryl/α,β-unsaturated/α-hetero) is 2. The Kier molecular flexibility index (Phi) is 6.01. The summed E-state index contributed by atoms with van der Waals surface area (Å²) in [5.74, 6) is -0.827. The Labute approximate surface area is 198 Å². The van der Waals surface area contributed by atoms with Gasteiger partial charge in [-0.15, -0.1) is 0 Å². The Balaban J connectivity index is 1.88. The zero-order chi connectivity index (χ0) is 24.4. The first kappa shape index (κ1) is 24.6. The van der Waals surface area contributed by atoms with E-state index in [0.29, 0.717) is 19.3 Å². The van der Waals surface area contributed by atoms with Gasteiger partial charge in [0.1, 0.15) is 11.6 Å². The minimum absolute atomic E-state index is 0.0603. The maximum absolute atomic E-state index is 14.0. The van der Waals surface area contributed by atoms with Crippen molar-refractivity contribution in [1.29, 1.82) is 0 Å². The van der Waals surface area contributed by atoms with E-state index in [9.17, 15) is 14.4 Å². The molecule has 2 bridgehead atoms. The Bertz CT molecular complexity index is 881. The minimum atomic E-state index is -1.99. The van der Waals surface area contributed by atoms with E-state index in [-0.39, 0.29) is 30.0 Å². The van der Waals surface area contributed by atoms with Gasteiger partial charge in [0.2, 0.25) is 0 Å². The van der Waals surface area contributed by atoms with Crippen molar-refractivity contribution in [2.45, 2.75) is 110 Å². The molecule has 1 saturated heterocycles. The molecule has 0 N–H and O–H groups in total. The lowest BCUT2D eigenvalue weighted by Gasteiger charge is -2.58. The quantitative estimate of drug-likeness (QED) is 0.292. The highest BCUT2D eigenvalue weighted by Crippen LogP contribution is 2.62. The smallest absolute Gasteiger partial charge is 0.426 e. The second kappa shape index (κ2) is 8.04. The molecule has 0 radical (unpaired) electrons. The number of carbonyl (C=O) groups excluding carboxylic acids is 3. The molecule has 4 aliphatic rings. The maximum Gasteiger partial charge on any atom is 0.509 e. The van der Waals surface area contributed by atoms with Crippen LogP contribution in [0.2, 0.25) is 18.1 Å². The number of allylic oxidation sites excluding steroid dienone is 1. The number of carbonyl (C=O) groups is 3. The third-order valence-electron chi connectivity index (χ3n) is 9.89. The fourth-order valence-electron chi connectivity index (χ4n) is 7.62. The summed E-state index contributed by atoms with van der Waals surface area (Å²) in [6.45, 7) is 14.6. The molecule has 0 aromatic rings. The molecular formula is C26H40O6Si. The van der Waals surface area contributed by atoms with Gasteiger partial charge in [0.25, 0.3) is 0 Å². The molecule has 184 valence electrons. The molecule has 1 spiro atoms.